The number of aromatic nitrogens is 2. The van der Waals surface area contributed by atoms with E-state index in [0.29, 0.717) is 21.1 Å². The highest BCUT2D eigenvalue weighted by atomic mass is 79.9. The lowest BCUT2D eigenvalue weighted by molar-refractivity contribution is 0.103. The number of hydrogen-bond donors (Lipinski definition) is 2. The summed E-state index contributed by atoms with van der Waals surface area (Å²) in [5, 5.41) is 11.4. The first-order chi connectivity index (χ1) is 10.1. The van der Waals surface area contributed by atoms with Crippen molar-refractivity contribution < 1.29 is 4.79 Å². The van der Waals surface area contributed by atoms with Crippen molar-refractivity contribution in [2.45, 2.75) is 0 Å². The Bertz CT molecular complexity index is 849. The maximum atomic E-state index is 12.4. The molecule has 2 heterocycles. The van der Waals surface area contributed by atoms with Gasteiger partial charge in [0.1, 0.15) is 9.71 Å². The van der Waals surface area contributed by atoms with Crippen molar-refractivity contribution >= 4 is 70.7 Å². The number of rotatable bonds is 2. The van der Waals surface area contributed by atoms with Gasteiger partial charge in [0.15, 0.2) is 0 Å². The highest BCUT2D eigenvalue weighted by Gasteiger charge is 2.18. The third kappa shape index (κ3) is 2.78. The van der Waals surface area contributed by atoms with Crippen LogP contribution < -0.4 is 11.1 Å². The van der Waals surface area contributed by atoms with Crippen LogP contribution in [0.3, 0.4) is 0 Å². The van der Waals surface area contributed by atoms with Crippen LogP contribution in [0.1, 0.15) is 9.67 Å². The number of benzene rings is 1. The SMILES string of the molecule is Nc1c(C(=O)Nc2cc(Br)ccc2Br)sc2nnccc12. The molecule has 21 heavy (non-hydrogen) atoms. The fourth-order valence-electron chi connectivity index (χ4n) is 1.81. The summed E-state index contributed by atoms with van der Waals surface area (Å²) in [7, 11) is 0. The van der Waals surface area contributed by atoms with Crippen LogP contribution in [0.5, 0.6) is 0 Å². The Morgan fingerprint density at radius 2 is 2.10 bits per heavy atom. The molecule has 1 amide bonds. The molecule has 0 aliphatic carbocycles. The molecule has 2 aromatic heterocycles. The third-order valence-electron chi connectivity index (χ3n) is 2.80. The van der Waals surface area contributed by atoms with Crippen molar-refractivity contribution in [2.75, 3.05) is 11.1 Å². The summed E-state index contributed by atoms with van der Waals surface area (Å²) in [6.07, 6.45) is 1.55. The molecular weight excluding hydrogens is 420 g/mol. The molecule has 106 valence electrons. The number of carbonyl (C=O) groups excluding carboxylic acids is 1. The van der Waals surface area contributed by atoms with Gasteiger partial charge in [-0.2, -0.15) is 5.10 Å². The normalized spacial score (nSPS) is 10.8. The van der Waals surface area contributed by atoms with Gasteiger partial charge in [0.25, 0.3) is 5.91 Å². The van der Waals surface area contributed by atoms with E-state index in [2.05, 4.69) is 47.4 Å². The third-order valence-corrected chi connectivity index (χ3v) is 5.09. The number of nitrogens with two attached hydrogens (primary N) is 1. The molecule has 0 spiro atoms. The fourth-order valence-corrected chi connectivity index (χ4v) is 3.45. The van der Waals surface area contributed by atoms with Gasteiger partial charge in [-0.3, -0.25) is 4.79 Å². The summed E-state index contributed by atoms with van der Waals surface area (Å²) in [6, 6.07) is 7.29. The van der Waals surface area contributed by atoms with Crippen LogP contribution in [0.25, 0.3) is 10.2 Å². The molecule has 1 aromatic carbocycles. The van der Waals surface area contributed by atoms with E-state index in [1.54, 1.807) is 12.3 Å². The van der Waals surface area contributed by atoms with Crippen LogP contribution in [-0.4, -0.2) is 16.1 Å². The summed E-state index contributed by atoms with van der Waals surface area (Å²) < 4.78 is 1.66. The van der Waals surface area contributed by atoms with E-state index in [1.807, 2.05) is 18.2 Å². The van der Waals surface area contributed by atoms with E-state index < -0.39 is 0 Å². The molecule has 3 N–H and O–H groups in total. The number of anilines is 2. The van der Waals surface area contributed by atoms with Gasteiger partial charge >= 0.3 is 0 Å². The second-order valence-electron chi connectivity index (χ2n) is 4.17. The molecule has 0 aliphatic heterocycles. The lowest BCUT2D eigenvalue weighted by Gasteiger charge is -2.07. The summed E-state index contributed by atoms with van der Waals surface area (Å²) >= 11 is 8.00. The maximum Gasteiger partial charge on any atom is 0.267 e. The Morgan fingerprint density at radius 3 is 2.86 bits per heavy atom. The van der Waals surface area contributed by atoms with Crippen molar-refractivity contribution in [3.63, 3.8) is 0 Å². The zero-order valence-corrected chi connectivity index (χ0v) is 14.4. The molecule has 0 aliphatic rings. The first kappa shape index (κ1) is 14.4. The number of amides is 1. The zero-order chi connectivity index (χ0) is 15.0. The number of hydrogen-bond acceptors (Lipinski definition) is 5. The monoisotopic (exact) mass is 426 g/mol. The molecule has 5 nitrogen and oxygen atoms in total. The minimum atomic E-state index is -0.269. The number of nitrogen functional groups attached to an aromatic ring is 1. The van der Waals surface area contributed by atoms with E-state index in [1.165, 1.54) is 11.3 Å². The second kappa shape index (κ2) is 5.70. The van der Waals surface area contributed by atoms with Crippen molar-refractivity contribution in [3.05, 3.63) is 44.3 Å². The topological polar surface area (TPSA) is 80.9 Å². The van der Waals surface area contributed by atoms with E-state index in [0.717, 1.165) is 14.3 Å². The largest absolute Gasteiger partial charge is 0.397 e. The Balaban J connectivity index is 1.97. The molecule has 0 atom stereocenters. The van der Waals surface area contributed by atoms with Crippen molar-refractivity contribution in [2.24, 2.45) is 0 Å². The fraction of sp³-hybridized carbons (Fsp3) is 0. The Hall–Kier alpha value is -1.51. The van der Waals surface area contributed by atoms with Crippen LogP contribution in [0, 0.1) is 0 Å². The van der Waals surface area contributed by atoms with Crippen LogP contribution >= 0.6 is 43.2 Å². The minimum absolute atomic E-state index is 0.269. The predicted octanol–water partition coefficient (Wildman–Crippen LogP) is 4.05. The molecule has 0 unspecified atom stereocenters. The average molecular weight is 428 g/mol. The Kier molecular flexibility index (Phi) is 3.92. The lowest BCUT2D eigenvalue weighted by Crippen LogP contribution is -2.12. The van der Waals surface area contributed by atoms with E-state index in [9.17, 15) is 4.79 Å². The van der Waals surface area contributed by atoms with Crippen LogP contribution in [0.4, 0.5) is 11.4 Å². The number of thiophene rings is 1. The average Bonchev–Trinajstić information content (AvgIpc) is 2.81. The number of nitrogens with one attached hydrogen (secondary N) is 1. The standard InChI is InChI=1S/C13H8Br2N4OS/c14-6-1-2-8(15)9(5-6)18-12(20)11-10(16)7-3-4-17-19-13(7)21-11/h1-5H,16H2,(H,18,20). The Morgan fingerprint density at radius 1 is 1.29 bits per heavy atom. The van der Waals surface area contributed by atoms with Gasteiger partial charge in [-0.1, -0.05) is 15.9 Å². The highest BCUT2D eigenvalue weighted by molar-refractivity contribution is 9.11. The smallest absolute Gasteiger partial charge is 0.267 e. The highest BCUT2D eigenvalue weighted by Crippen LogP contribution is 2.33. The molecule has 0 fully saturated rings. The number of carbonyl (C=O) groups is 1. The number of nitrogens with zero attached hydrogens (tertiary/aromatic N) is 2. The molecule has 8 heteroatoms. The van der Waals surface area contributed by atoms with E-state index >= 15 is 0 Å². The van der Waals surface area contributed by atoms with Gasteiger partial charge in [0, 0.05) is 14.3 Å². The molecule has 0 bridgehead atoms. The molecule has 3 rings (SSSR count). The van der Waals surface area contributed by atoms with Gasteiger partial charge < -0.3 is 11.1 Å². The van der Waals surface area contributed by atoms with Gasteiger partial charge in [-0.15, -0.1) is 16.4 Å². The summed E-state index contributed by atoms with van der Waals surface area (Å²) in [6.45, 7) is 0. The van der Waals surface area contributed by atoms with Crippen molar-refractivity contribution in [1.82, 2.24) is 10.2 Å². The number of fused-ring (bicyclic) bond motifs is 1. The van der Waals surface area contributed by atoms with Crippen LogP contribution in [0.15, 0.2) is 39.4 Å². The second-order valence-corrected chi connectivity index (χ2v) is 6.94. The predicted molar refractivity (Wildman–Crippen MR) is 91.6 cm³/mol. The number of halogens is 2. The Labute approximate surface area is 140 Å². The molecule has 3 aromatic rings. The summed E-state index contributed by atoms with van der Waals surface area (Å²) in [5.74, 6) is -0.269. The quantitative estimate of drug-likeness (QED) is 0.646. The lowest BCUT2D eigenvalue weighted by atomic mass is 10.2. The van der Waals surface area contributed by atoms with E-state index in [-0.39, 0.29) is 5.91 Å². The van der Waals surface area contributed by atoms with Crippen LogP contribution in [0.2, 0.25) is 0 Å². The van der Waals surface area contributed by atoms with Crippen LogP contribution in [-0.2, 0) is 0 Å². The van der Waals surface area contributed by atoms with Gasteiger partial charge in [-0.05, 0) is 40.2 Å². The van der Waals surface area contributed by atoms with E-state index in [4.69, 9.17) is 5.73 Å². The molecule has 0 saturated heterocycles. The van der Waals surface area contributed by atoms with Gasteiger partial charge in [-0.25, -0.2) is 0 Å². The summed E-state index contributed by atoms with van der Waals surface area (Å²) in [4.78, 5) is 13.5. The molecule has 0 saturated carbocycles. The molecule has 0 radical (unpaired) electrons. The molecular formula is C13H8Br2N4OS. The van der Waals surface area contributed by atoms with Crippen molar-refractivity contribution in [1.29, 1.82) is 0 Å². The van der Waals surface area contributed by atoms with Gasteiger partial charge in [0.05, 0.1) is 17.6 Å². The zero-order valence-electron chi connectivity index (χ0n) is 10.4. The first-order valence-electron chi connectivity index (χ1n) is 5.82. The summed E-state index contributed by atoms with van der Waals surface area (Å²) in [5.41, 5.74) is 7.11. The minimum Gasteiger partial charge on any atom is -0.397 e. The maximum absolute atomic E-state index is 12.4. The first-order valence-corrected chi connectivity index (χ1v) is 8.22. The van der Waals surface area contributed by atoms with Gasteiger partial charge in [0.2, 0.25) is 0 Å². The van der Waals surface area contributed by atoms with Crippen molar-refractivity contribution in [3.8, 4) is 0 Å².